The Morgan fingerprint density at radius 1 is 1.53 bits per heavy atom. The van der Waals surface area contributed by atoms with Crippen molar-refractivity contribution in [1.29, 1.82) is 0 Å². The molecule has 1 rings (SSSR count). The molecular formula is C11H22N2O2. The number of likely N-dealkylation sites (tertiary alicyclic amines) is 1. The second-order valence-corrected chi connectivity index (χ2v) is 4.94. The average molecular weight is 214 g/mol. The minimum absolute atomic E-state index is 0.0363. The molecule has 0 aliphatic carbocycles. The lowest BCUT2D eigenvalue weighted by Gasteiger charge is -2.47. The Morgan fingerprint density at radius 2 is 2.07 bits per heavy atom. The van der Waals surface area contributed by atoms with Crippen molar-refractivity contribution in [1.82, 2.24) is 4.90 Å². The maximum atomic E-state index is 11.7. The molecule has 1 fully saturated rings. The minimum Gasteiger partial charge on any atom is -0.386 e. The van der Waals surface area contributed by atoms with Gasteiger partial charge in [0.1, 0.15) is 0 Å². The van der Waals surface area contributed by atoms with Gasteiger partial charge in [-0.05, 0) is 12.3 Å². The number of nitrogens with two attached hydrogens (primary N) is 1. The topological polar surface area (TPSA) is 66.6 Å². The summed E-state index contributed by atoms with van der Waals surface area (Å²) in [5, 5.41) is 9.91. The summed E-state index contributed by atoms with van der Waals surface area (Å²) in [5.41, 5.74) is 5.11. The van der Waals surface area contributed by atoms with Gasteiger partial charge in [-0.1, -0.05) is 27.2 Å². The van der Waals surface area contributed by atoms with Gasteiger partial charge >= 0.3 is 0 Å². The molecule has 0 aromatic carbocycles. The highest BCUT2D eigenvalue weighted by Gasteiger charge is 2.43. The van der Waals surface area contributed by atoms with Gasteiger partial charge in [0.25, 0.3) is 0 Å². The summed E-state index contributed by atoms with van der Waals surface area (Å²) in [6, 6.07) is -0.434. The fraction of sp³-hybridized carbons (Fsp3) is 0.909. The summed E-state index contributed by atoms with van der Waals surface area (Å²) < 4.78 is 0. The molecule has 0 aromatic rings. The lowest BCUT2D eigenvalue weighted by Crippen LogP contribution is -2.66. The fourth-order valence-electron chi connectivity index (χ4n) is 1.94. The van der Waals surface area contributed by atoms with E-state index in [-0.39, 0.29) is 11.8 Å². The first-order chi connectivity index (χ1) is 6.89. The third-order valence-corrected chi connectivity index (χ3v) is 3.00. The second-order valence-electron chi connectivity index (χ2n) is 4.94. The number of hydrogen-bond acceptors (Lipinski definition) is 3. The maximum absolute atomic E-state index is 11.7. The Hall–Kier alpha value is -0.610. The Labute approximate surface area is 91.4 Å². The molecule has 1 unspecified atom stereocenters. The number of β-amino-alcohol motifs (C(OH)–C–C–N with tert-alkyl or cyclic N) is 1. The van der Waals surface area contributed by atoms with E-state index in [1.807, 2.05) is 20.8 Å². The van der Waals surface area contributed by atoms with Gasteiger partial charge in [-0.3, -0.25) is 4.79 Å². The van der Waals surface area contributed by atoms with Crippen molar-refractivity contribution in [3.8, 4) is 0 Å². The van der Waals surface area contributed by atoms with Crippen LogP contribution in [0.15, 0.2) is 0 Å². The number of amides is 1. The molecule has 4 heteroatoms. The largest absolute Gasteiger partial charge is 0.386 e. The molecule has 15 heavy (non-hydrogen) atoms. The van der Waals surface area contributed by atoms with Gasteiger partial charge in [-0.2, -0.15) is 0 Å². The normalized spacial score (nSPS) is 21.3. The molecule has 1 aliphatic rings. The first-order valence-corrected chi connectivity index (χ1v) is 5.66. The van der Waals surface area contributed by atoms with Crippen LogP contribution < -0.4 is 5.73 Å². The number of rotatable bonds is 4. The Balaban J connectivity index is 2.41. The number of nitrogens with zero attached hydrogens (tertiary/aromatic N) is 1. The summed E-state index contributed by atoms with van der Waals surface area (Å²) >= 11 is 0. The quantitative estimate of drug-likeness (QED) is 0.709. The van der Waals surface area contributed by atoms with E-state index in [1.165, 1.54) is 0 Å². The number of carbonyl (C=O) groups excluding carboxylic acids is 1. The average Bonchev–Trinajstić information content (AvgIpc) is 2.11. The summed E-state index contributed by atoms with van der Waals surface area (Å²) in [6.45, 7) is 6.78. The predicted molar refractivity (Wildman–Crippen MR) is 59.3 cm³/mol. The van der Waals surface area contributed by atoms with E-state index in [9.17, 15) is 9.90 Å². The van der Waals surface area contributed by atoms with Crippen LogP contribution in [0, 0.1) is 5.92 Å². The summed E-state index contributed by atoms with van der Waals surface area (Å²) in [6.07, 6.45) is 1.70. The van der Waals surface area contributed by atoms with E-state index in [1.54, 1.807) is 4.90 Å². The van der Waals surface area contributed by atoms with Crippen molar-refractivity contribution in [2.24, 2.45) is 11.7 Å². The Bertz CT molecular complexity index is 235. The number of aliphatic hydroxyl groups is 1. The maximum Gasteiger partial charge on any atom is 0.239 e. The monoisotopic (exact) mass is 214 g/mol. The molecule has 1 aliphatic heterocycles. The molecule has 1 heterocycles. The highest BCUT2D eigenvalue weighted by atomic mass is 16.3. The van der Waals surface area contributed by atoms with E-state index < -0.39 is 11.6 Å². The van der Waals surface area contributed by atoms with Crippen LogP contribution in [0.1, 0.15) is 33.6 Å². The van der Waals surface area contributed by atoms with Crippen LogP contribution in [0.5, 0.6) is 0 Å². The lowest BCUT2D eigenvalue weighted by atomic mass is 9.88. The van der Waals surface area contributed by atoms with Crippen LogP contribution in [0.4, 0.5) is 0 Å². The Kier molecular flexibility index (Phi) is 3.73. The van der Waals surface area contributed by atoms with E-state index in [2.05, 4.69) is 0 Å². The zero-order valence-electron chi connectivity index (χ0n) is 9.86. The van der Waals surface area contributed by atoms with Crippen LogP contribution in [0.3, 0.4) is 0 Å². The molecule has 1 atom stereocenters. The molecule has 0 bridgehead atoms. The van der Waals surface area contributed by atoms with Gasteiger partial charge in [-0.15, -0.1) is 0 Å². The fourth-order valence-corrected chi connectivity index (χ4v) is 1.94. The van der Waals surface area contributed by atoms with Gasteiger partial charge in [-0.25, -0.2) is 0 Å². The van der Waals surface area contributed by atoms with Gasteiger partial charge in [0.2, 0.25) is 5.91 Å². The highest BCUT2D eigenvalue weighted by Crippen LogP contribution is 2.26. The van der Waals surface area contributed by atoms with Crippen molar-refractivity contribution >= 4 is 5.91 Å². The van der Waals surface area contributed by atoms with Crippen LogP contribution >= 0.6 is 0 Å². The van der Waals surface area contributed by atoms with E-state index in [4.69, 9.17) is 5.73 Å². The van der Waals surface area contributed by atoms with Crippen LogP contribution in [0.25, 0.3) is 0 Å². The van der Waals surface area contributed by atoms with Crippen LogP contribution in [0.2, 0.25) is 0 Å². The molecule has 3 N–H and O–H groups in total. The van der Waals surface area contributed by atoms with E-state index in [0.29, 0.717) is 13.1 Å². The SMILES string of the molecule is CCCC1(O)CN(C(=O)C(N)C(C)C)C1. The zero-order valence-corrected chi connectivity index (χ0v) is 9.86. The molecular weight excluding hydrogens is 192 g/mol. The van der Waals surface area contributed by atoms with Gasteiger partial charge in [0.05, 0.1) is 24.7 Å². The number of carbonyl (C=O) groups is 1. The van der Waals surface area contributed by atoms with Gasteiger partial charge in [0.15, 0.2) is 0 Å². The summed E-state index contributed by atoms with van der Waals surface area (Å²) in [7, 11) is 0. The third kappa shape index (κ3) is 2.69. The number of hydrogen-bond donors (Lipinski definition) is 2. The van der Waals surface area contributed by atoms with Crippen molar-refractivity contribution < 1.29 is 9.90 Å². The van der Waals surface area contributed by atoms with Crippen LogP contribution in [-0.4, -0.2) is 40.6 Å². The lowest BCUT2D eigenvalue weighted by molar-refractivity contribution is -0.158. The van der Waals surface area contributed by atoms with Crippen molar-refractivity contribution in [3.63, 3.8) is 0 Å². The van der Waals surface area contributed by atoms with Crippen molar-refractivity contribution in [2.45, 2.75) is 45.3 Å². The first-order valence-electron chi connectivity index (χ1n) is 5.66. The van der Waals surface area contributed by atoms with E-state index >= 15 is 0 Å². The molecule has 1 saturated heterocycles. The summed E-state index contributed by atoms with van der Waals surface area (Å²) in [4.78, 5) is 13.4. The highest BCUT2D eigenvalue weighted by molar-refractivity contribution is 5.82. The zero-order chi connectivity index (χ0) is 11.6. The predicted octanol–water partition coefficient (Wildman–Crippen LogP) is 0.343. The standard InChI is InChI=1S/C11H22N2O2/c1-4-5-11(15)6-13(7-11)10(14)9(12)8(2)3/h8-9,15H,4-7,12H2,1-3H3. The molecule has 1 amide bonds. The second kappa shape index (κ2) is 4.49. The summed E-state index contributed by atoms with van der Waals surface area (Å²) in [5.74, 6) is 0.114. The minimum atomic E-state index is -0.652. The van der Waals surface area contributed by atoms with Gasteiger partial charge < -0.3 is 15.7 Å². The van der Waals surface area contributed by atoms with Crippen molar-refractivity contribution in [3.05, 3.63) is 0 Å². The molecule has 0 radical (unpaired) electrons. The van der Waals surface area contributed by atoms with E-state index in [0.717, 1.165) is 12.8 Å². The molecule has 4 nitrogen and oxygen atoms in total. The first kappa shape index (κ1) is 12.5. The molecule has 0 saturated carbocycles. The van der Waals surface area contributed by atoms with Crippen LogP contribution in [-0.2, 0) is 4.79 Å². The molecule has 88 valence electrons. The van der Waals surface area contributed by atoms with Crippen molar-refractivity contribution in [2.75, 3.05) is 13.1 Å². The smallest absolute Gasteiger partial charge is 0.239 e. The third-order valence-electron chi connectivity index (χ3n) is 3.00. The van der Waals surface area contributed by atoms with Gasteiger partial charge in [0, 0.05) is 0 Å². The Morgan fingerprint density at radius 3 is 2.47 bits per heavy atom. The molecule has 0 aromatic heterocycles. The molecule has 0 spiro atoms.